The highest BCUT2D eigenvalue weighted by atomic mass is 35.5. The Morgan fingerprint density at radius 1 is 0.765 bits per heavy atom. The fraction of sp³-hybridized carbons (Fsp3) is 0.333. The molecule has 2 rings (SSSR count). The minimum Gasteiger partial charge on any atom is -0.478 e. The van der Waals surface area contributed by atoms with Gasteiger partial charge in [0.2, 0.25) is 0 Å². The number of carbonyl (C=O) groups excluding carboxylic acids is 3. The molecular weight excluding hydrogens is 507 g/mol. The lowest BCUT2D eigenvalue weighted by Crippen LogP contribution is -2.07. The maximum Gasteiger partial charge on any atom is 0.336 e. The Kier molecular flexibility index (Phi) is 15.9. The van der Waals surface area contributed by atoms with E-state index in [4.69, 9.17) is 49.4 Å². The van der Waals surface area contributed by atoms with Gasteiger partial charge in [0.25, 0.3) is 5.24 Å². The maximum absolute atomic E-state index is 11.1. The van der Waals surface area contributed by atoms with Crippen molar-refractivity contribution in [3.63, 3.8) is 0 Å². The van der Waals surface area contributed by atoms with Crippen LogP contribution in [-0.4, -0.2) is 33.6 Å². The third kappa shape index (κ3) is 11.5. The predicted octanol–water partition coefficient (Wildman–Crippen LogP) is 6.59. The normalized spacial score (nSPS) is 9.21. The number of hydrogen-bond acceptors (Lipinski definition) is 6. The van der Waals surface area contributed by atoms with Gasteiger partial charge in [-0.3, -0.25) is 14.4 Å². The second-order valence-corrected chi connectivity index (χ2v) is 7.89. The van der Waals surface area contributed by atoms with E-state index < -0.39 is 23.2 Å². The summed E-state index contributed by atoms with van der Waals surface area (Å²) in [5.74, 6) is -1.22. The lowest BCUT2D eigenvalue weighted by atomic mass is 10.0. The van der Waals surface area contributed by atoms with Gasteiger partial charge in [0, 0.05) is 30.5 Å². The molecule has 0 saturated heterocycles. The number of aryl methyl sites for hydroxylation is 2. The molecule has 0 bridgehead atoms. The molecule has 0 aliphatic carbocycles. The molecule has 2 aromatic carbocycles. The zero-order valence-electron chi connectivity index (χ0n) is 19.0. The lowest BCUT2D eigenvalue weighted by Gasteiger charge is -2.09. The average Bonchev–Trinajstić information content (AvgIpc) is 2.67. The lowest BCUT2D eigenvalue weighted by molar-refractivity contribution is -0.132. The van der Waals surface area contributed by atoms with Gasteiger partial charge in [0.05, 0.1) is 10.9 Å². The van der Waals surface area contributed by atoms with Gasteiger partial charge in [-0.15, -0.1) is 23.2 Å². The molecule has 0 aliphatic rings. The summed E-state index contributed by atoms with van der Waals surface area (Å²) < 4.78 is 9.88. The summed E-state index contributed by atoms with van der Waals surface area (Å²) in [7, 11) is 0. The first-order valence-electron chi connectivity index (χ1n) is 9.39. The van der Waals surface area contributed by atoms with Gasteiger partial charge in [-0.25, -0.2) is 4.79 Å². The van der Waals surface area contributed by atoms with Crippen LogP contribution in [0.25, 0.3) is 0 Å². The van der Waals surface area contributed by atoms with Crippen LogP contribution in [0.1, 0.15) is 64.2 Å². The molecule has 188 valence electrons. The molecule has 0 unspecified atom stereocenters. The zero-order chi connectivity index (χ0) is 25.9. The standard InChI is InChI=1S/C11H11ClO3.C11H12O4.CH2Cl2.CH4/c1-6-4-9(11(12)14)7(2)10(5-6)15-8(3)13;1-6-4-9(11(13)14)7(2)10(5-6)15-8(3)12;2-1-3;/h4-5H,1-3H3;4-5H,1-3H3,(H,13,14);1H2;1H4. The molecule has 0 amide bonds. The van der Waals surface area contributed by atoms with E-state index in [9.17, 15) is 19.2 Å². The van der Waals surface area contributed by atoms with Crippen LogP contribution in [0.15, 0.2) is 24.3 Å². The van der Waals surface area contributed by atoms with Gasteiger partial charge in [-0.05, 0) is 74.7 Å². The van der Waals surface area contributed by atoms with E-state index >= 15 is 0 Å². The molecule has 0 saturated carbocycles. The minimum atomic E-state index is -1.02. The Morgan fingerprint density at radius 2 is 1.09 bits per heavy atom. The van der Waals surface area contributed by atoms with Gasteiger partial charge < -0.3 is 14.6 Å². The van der Waals surface area contributed by atoms with Crippen molar-refractivity contribution >= 4 is 58.0 Å². The second-order valence-electron chi connectivity index (χ2n) is 6.74. The van der Waals surface area contributed by atoms with Crippen molar-refractivity contribution in [2.45, 2.75) is 49.0 Å². The van der Waals surface area contributed by atoms with Crippen LogP contribution >= 0.6 is 34.8 Å². The molecule has 2 aromatic rings. The van der Waals surface area contributed by atoms with Gasteiger partial charge in [0.1, 0.15) is 11.5 Å². The third-order valence-corrected chi connectivity index (χ3v) is 4.16. The highest BCUT2D eigenvalue weighted by molar-refractivity contribution is 6.68. The van der Waals surface area contributed by atoms with Crippen LogP contribution in [0.4, 0.5) is 0 Å². The quantitative estimate of drug-likeness (QED) is 0.204. The molecule has 0 fully saturated rings. The molecular formula is C24H29Cl3O7. The van der Waals surface area contributed by atoms with Crippen LogP contribution in [0.5, 0.6) is 11.5 Å². The van der Waals surface area contributed by atoms with Gasteiger partial charge >= 0.3 is 17.9 Å². The smallest absolute Gasteiger partial charge is 0.336 e. The number of aromatic carboxylic acids is 1. The highest BCUT2D eigenvalue weighted by Gasteiger charge is 2.14. The molecule has 0 aliphatic heterocycles. The maximum atomic E-state index is 11.1. The number of hydrogen-bond donors (Lipinski definition) is 1. The Hall–Kier alpha value is -2.61. The first-order valence-corrected chi connectivity index (χ1v) is 10.8. The van der Waals surface area contributed by atoms with E-state index in [0.717, 1.165) is 11.1 Å². The fourth-order valence-corrected chi connectivity index (χ4v) is 2.80. The van der Waals surface area contributed by atoms with Crippen molar-refractivity contribution in [1.29, 1.82) is 0 Å². The molecule has 0 radical (unpaired) electrons. The SMILES string of the molecule is C.CC(=O)Oc1cc(C)cc(C(=O)Cl)c1C.CC(=O)Oc1cc(C)cc(C(=O)O)c1C.ClCCl. The molecule has 0 spiro atoms. The van der Waals surface area contributed by atoms with Crippen molar-refractivity contribution in [2.75, 3.05) is 5.34 Å². The summed E-state index contributed by atoms with van der Waals surface area (Å²) in [5, 5.41) is 8.55. The minimum absolute atomic E-state index is 0. The molecule has 0 aromatic heterocycles. The summed E-state index contributed by atoms with van der Waals surface area (Å²) in [6.45, 7) is 9.44. The van der Waals surface area contributed by atoms with Crippen LogP contribution in [0.2, 0.25) is 0 Å². The van der Waals surface area contributed by atoms with Gasteiger partial charge in [-0.1, -0.05) is 7.43 Å². The highest BCUT2D eigenvalue weighted by Crippen LogP contribution is 2.25. The van der Waals surface area contributed by atoms with Crippen molar-refractivity contribution < 1.29 is 33.8 Å². The summed E-state index contributed by atoms with van der Waals surface area (Å²) in [6.07, 6.45) is 0. The van der Waals surface area contributed by atoms with E-state index in [-0.39, 0.29) is 18.3 Å². The number of benzene rings is 2. The molecule has 34 heavy (non-hydrogen) atoms. The number of esters is 2. The molecule has 1 N–H and O–H groups in total. The Labute approximate surface area is 214 Å². The number of alkyl halides is 2. The topological polar surface area (TPSA) is 107 Å². The van der Waals surface area contributed by atoms with Crippen molar-refractivity contribution in [3.05, 3.63) is 57.6 Å². The van der Waals surface area contributed by atoms with Crippen molar-refractivity contribution in [3.8, 4) is 11.5 Å². The first kappa shape index (κ1) is 33.6. The van der Waals surface area contributed by atoms with Gasteiger partial charge in [0.15, 0.2) is 0 Å². The van der Waals surface area contributed by atoms with Crippen molar-refractivity contribution in [2.24, 2.45) is 0 Å². The largest absolute Gasteiger partial charge is 0.478 e. The number of carboxylic acids is 1. The molecule has 0 atom stereocenters. The summed E-state index contributed by atoms with van der Waals surface area (Å²) in [4.78, 5) is 43.6. The molecule has 0 heterocycles. The molecule has 10 heteroatoms. The van der Waals surface area contributed by atoms with E-state index in [1.165, 1.54) is 13.8 Å². The number of rotatable bonds is 4. The van der Waals surface area contributed by atoms with Crippen LogP contribution < -0.4 is 9.47 Å². The average molecular weight is 536 g/mol. The summed E-state index contributed by atoms with van der Waals surface area (Å²) in [5.41, 5.74) is 3.13. The Bertz CT molecular complexity index is 952. The predicted molar refractivity (Wildman–Crippen MR) is 135 cm³/mol. The number of carbonyl (C=O) groups is 4. The summed E-state index contributed by atoms with van der Waals surface area (Å²) in [6, 6.07) is 6.55. The second kappa shape index (κ2) is 16.1. The monoisotopic (exact) mass is 534 g/mol. The van der Waals surface area contributed by atoms with E-state index in [1.54, 1.807) is 52.0 Å². The van der Waals surface area contributed by atoms with Crippen LogP contribution in [-0.2, 0) is 9.59 Å². The first-order chi connectivity index (χ1) is 15.2. The number of halogens is 3. The third-order valence-electron chi connectivity index (χ3n) is 3.96. The van der Waals surface area contributed by atoms with Crippen LogP contribution in [0.3, 0.4) is 0 Å². The fourth-order valence-electron chi connectivity index (χ4n) is 2.60. The van der Waals surface area contributed by atoms with E-state index in [0.29, 0.717) is 28.2 Å². The molecule has 7 nitrogen and oxygen atoms in total. The van der Waals surface area contributed by atoms with Crippen LogP contribution in [0, 0.1) is 27.7 Å². The summed E-state index contributed by atoms with van der Waals surface area (Å²) >= 11 is 14.9. The van der Waals surface area contributed by atoms with Gasteiger partial charge in [-0.2, -0.15) is 0 Å². The van der Waals surface area contributed by atoms with E-state index in [2.05, 4.69) is 0 Å². The Morgan fingerprint density at radius 3 is 1.38 bits per heavy atom. The number of carboxylic acid groups (broad SMARTS) is 1. The Balaban J connectivity index is 0. The van der Waals surface area contributed by atoms with Crippen molar-refractivity contribution in [1.82, 2.24) is 0 Å². The van der Waals surface area contributed by atoms with E-state index in [1.807, 2.05) is 0 Å². The number of ether oxygens (including phenoxy) is 2. The zero-order valence-corrected chi connectivity index (χ0v) is 21.3.